The largest absolute Gasteiger partial charge is 0.399 e. The molecule has 0 aliphatic rings. The Kier molecular flexibility index (Phi) is 3.73. The van der Waals surface area contributed by atoms with Gasteiger partial charge in [-0.05, 0) is 66.9 Å². The van der Waals surface area contributed by atoms with Gasteiger partial charge in [-0.3, -0.25) is 4.98 Å². The topological polar surface area (TPSA) is 56.7 Å². The number of aryl methyl sites for hydroxylation is 2. The lowest BCUT2D eigenvalue weighted by molar-refractivity contribution is 0.833. The second-order valence-corrected chi connectivity index (χ2v) is 6.43. The number of nitrogens with zero attached hydrogens (tertiary/aromatic N) is 3. The van der Waals surface area contributed by atoms with Crippen molar-refractivity contribution in [2.24, 2.45) is 0 Å². The van der Waals surface area contributed by atoms with Gasteiger partial charge in [0.2, 0.25) is 0 Å². The van der Waals surface area contributed by atoms with Crippen LogP contribution in [0.5, 0.6) is 0 Å². The minimum Gasteiger partial charge on any atom is -0.399 e. The van der Waals surface area contributed by atoms with E-state index in [2.05, 4.69) is 47.7 Å². The van der Waals surface area contributed by atoms with Gasteiger partial charge in [0, 0.05) is 30.2 Å². The third kappa shape index (κ3) is 2.87. The third-order valence-corrected chi connectivity index (χ3v) is 4.60. The van der Waals surface area contributed by atoms with Crippen molar-refractivity contribution < 1.29 is 0 Å². The van der Waals surface area contributed by atoms with E-state index < -0.39 is 0 Å². The van der Waals surface area contributed by atoms with Crippen LogP contribution in [-0.4, -0.2) is 14.5 Å². The first-order valence-electron chi connectivity index (χ1n) is 8.34. The standard InChI is InChI=1S/C21H20N4/c1-14-10-19-20(11-15(14)2)25(13-16-5-7-18(22)8-6-16)21(24-19)17-4-3-9-23-12-17/h3-12H,13,22H2,1-2H3. The number of imidazole rings is 1. The van der Waals surface area contributed by atoms with Crippen molar-refractivity contribution in [3.05, 3.63) is 77.6 Å². The van der Waals surface area contributed by atoms with E-state index in [4.69, 9.17) is 10.7 Å². The number of nitrogens with two attached hydrogens (primary N) is 1. The van der Waals surface area contributed by atoms with Gasteiger partial charge in [0.1, 0.15) is 5.82 Å². The van der Waals surface area contributed by atoms with Gasteiger partial charge in [-0.25, -0.2) is 4.98 Å². The van der Waals surface area contributed by atoms with Gasteiger partial charge >= 0.3 is 0 Å². The maximum Gasteiger partial charge on any atom is 0.143 e. The SMILES string of the molecule is Cc1cc2nc(-c3cccnc3)n(Cc3ccc(N)cc3)c2cc1C. The Labute approximate surface area is 147 Å². The molecule has 0 unspecified atom stereocenters. The molecule has 2 aromatic heterocycles. The molecule has 0 radical (unpaired) electrons. The number of hydrogen-bond donors (Lipinski definition) is 1. The molecule has 124 valence electrons. The Hall–Kier alpha value is -3.14. The summed E-state index contributed by atoms with van der Waals surface area (Å²) in [6, 6.07) is 16.4. The van der Waals surface area contributed by atoms with Crippen molar-refractivity contribution >= 4 is 16.7 Å². The summed E-state index contributed by atoms with van der Waals surface area (Å²) in [6.07, 6.45) is 3.64. The minimum atomic E-state index is 0.740. The van der Waals surface area contributed by atoms with Gasteiger partial charge in [-0.15, -0.1) is 0 Å². The lowest BCUT2D eigenvalue weighted by atomic mass is 10.1. The highest BCUT2D eigenvalue weighted by atomic mass is 15.1. The first-order valence-corrected chi connectivity index (χ1v) is 8.34. The molecule has 0 amide bonds. The van der Waals surface area contributed by atoms with E-state index in [0.717, 1.165) is 34.7 Å². The smallest absolute Gasteiger partial charge is 0.143 e. The second kappa shape index (κ2) is 6.06. The molecule has 0 saturated carbocycles. The number of anilines is 1. The molecule has 0 aliphatic heterocycles. The summed E-state index contributed by atoms with van der Waals surface area (Å²) in [5.74, 6) is 0.935. The van der Waals surface area contributed by atoms with Crippen molar-refractivity contribution in [3.8, 4) is 11.4 Å². The normalized spacial score (nSPS) is 11.1. The fraction of sp³-hybridized carbons (Fsp3) is 0.143. The zero-order chi connectivity index (χ0) is 17.4. The molecule has 2 aromatic carbocycles. The maximum absolute atomic E-state index is 5.82. The Morgan fingerprint density at radius 3 is 2.48 bits per heavy atom. The fourth-order valence-corrected chi connectivity index (χ4v) is 3.06. The zero-order valence-electron chi connectivity index (χ0n) is 14.4. The van der Waals surface area contributed by atoms with E-state index >= 15 is 0 Å². The van der Waals surface area contributed by atoms with E-state index in [1.165, 1.54) is 16.7 Å². The highest BCUT2D eigenvalue weighted by Gasteiger charge is 2.14. The van der Waals surface area contributed by atoms with Crippen molar-refractivity contribution in [1.29, 1.82) is 0 Å². The summed E-state index contributed by atoms with van der Waals surface area (Å²) in [5.41, 5.74) is 13.5. The van der Waals surface area contributed by atoms with Crippen LogP contribution in [-0.2, 0) is 6.54 Å². The molecule has 0 atom stereocenters. The average molecular weight is 328 g/mol. The van der Waals surface area contributed by atoms with Crippen LogP contribution in [0.1, 0.15) is 16.7 Å². The molecule has 25 heavy (non-hydrogen) atoms. The van der Waals surface area contributed by atoms with Gasteiger partial charge in [0.25, 0.3) is 0 Å². The first-order chi connectivity index (χ1) is 12.1. The third-order valence-electron chi connectivity index (χ3n) is 4.60. The van der Waals surface area contributed by atoms with Crippen LogP contribution in [0.3, 0.4) is 0 Å². The molecule has 4 aromatic rings. The lowest BCUT2D eigenvalue weighted by Gasteiger charge is -2.10. The Balaban J connectivity index is 1.92. The fourth-order valence-electron chi connectivity index (χ4n) is 3.06. The quantitative estimate of drug-likeness (QED) is 0.569. The van der Waals surface area contributed by atoms with Crippen molar-refractivity contribution in [1.82, 2.24) is 14.5 Å². The average Bonchev–Trinajstić information content (AvgIpc) is 2.96. The molecule has 4 rings (SSSR count). The molecule has 0 aliphatic carbocycles. The van der Waals surface area contributed by atoms with Gasteiger partial charge in [-0.2, -0.15) is 0 Å². The van der Waals surface area contributed by atoms with Crippen molar-refractivity contribution in [3.63, 3.8) is 0 Å². The van der Waals surface area contributed by atoms with E-state index in [9.17, 15) is 0 Å². The highest BCUT2D eigenvalue weighted by Crippen LogP contribution is 2.27. The first kappa shape index (κ1) is 15.4. The number of aromatic nitrogens is 3. The number of nitrogen functional groups attached to an aromatic ring is 1. The summed E-state index contributed by atoms with van der Waals surface area (Å²) in [6.45, 7) is 5.00. The Morgan fingerprint density at radius 1 is 1.00 bits per heavy atom. The number of fused-ring (bicyclic) bond motifs is 1. The van der Waals surface area contributed by atoms with Crippen molar-refractivity contribution in [2.75, 3.05) is 5.73 Å². The molecular weight excluding hydrogens is 308 g/mol. The van der Waals surface area contributed by atoms with Crippen LogP contribution in [0.4, 0.5) is 5.69 Å². The van der Waals surface area contributed by atoms with Gasteiger partial charge in [-0.1, -0.05) is 12.1 Å². The van der Waals surface area contributed by atoms with Crippen LogP contribution in [0.2, 0.25) is 0 Å². The van der Waals surface area contributed by atoms with E-state index in [-0.39, 0.29) is 0 Å². The summed E-state index contributed by atoms with van der Waals surface area (Å²) < 4.78 is 2.25. The number of benzene rings is 2. The predicted molar refractivity (Wildman–Crippen MR) is 102 cm³/mol. The highest BCUT2D eigenvalue weighted by molar-refractivity contribution is 5.82. The van der Waals surface area contributed by atoms with Crippen LogP contribution in [0.15, 0.2) is 60.9 Å². The lowest BCUT2D eigenvalue weighted by Crippen LogP contribution is -2.03. The van der Waals surface area contributed by atoms with E-state index in [0.29, 0.717) is 0 Å². The van der Waals surface area contributed by atoms with Crippen molar-refractivity contribution in [2.45, 2.75) is 20.4 Å². The number of pyridine rings is 1. The zero-order valence-corrected chi connectivity index (χ0v) is 14.4. The summed E-state index contributed by atoms with van der Waals surface area (Å²) in [7, 11) is 0. The molecular formula is C21H20N4. The number of rotatable bonds is 3. The monoisotopic (exact) mass is 328 g/mol. The van der Waals surface area contributed by atoms with Gasteiger partial charge < -0.3 is 10.3 Å². The molecule has 0 bridgehead atoms. The van der Waals surface area contributed by atoms with Crippen LogP contribution >= 0.6 is 0 Å². The van der Waals surface area contributed by atoms with Crippen LogP contribution < -0.4 is 5.73 Å². The summed E-state index contributed by atoms with van der Waals surface area (Å²) in [5, 5.41) is 0. The van der Waals surface area contributed by atoms with E-state index in [1.54, 1.807) is 6.20 Å². The van der Waals surface area contributed by atoms with Gasteiger partial charge in [0.15, 0.2) is 0 Å². The number of hydrogen-bond acceptors (Lipinski definition) is 3. The molecule has 4 heteroatoms. The summed E-state index contributed by atoms with van der Waals surface area (Å²) >= 11 is 0. The molecule has 4 nitrogen and oxygen atoms in total. The Bertz CT molecular complexity index is 1030. The molecule has 0 saturated heterocycles. The maximum atomic E-state index is 5.82. The molecule has 0 fully saturated rings. The second-order valence-electron chi connectivity index (χ2n) is 6.43. The summed E-state index contributed by atoms with van der Waals surface area (Å²) in [4.78, 5) is 9.15. The Morgan fingerprint density at radius 2 is 1.76 bits per heavy atom. The van der Waals surface area contributed by atoms with Gasteiger partial charge in [0.05, 0.1) is 11.0 Å². The molecule has 2 N–H and O–H groups in total. The molecule has 2 heterocycles. The molecule has 0 spiro atoms. The predicted octanol–water partition coefficient (Wildman–Crippen LogP) is 4.35. The minimum absolute atomic E-state index is 0.740. The van der Waals surface area contributed by atoms with Crippen LogP contribution in [0.25, 0.3) is 22.4 Å². The van der Waals surface area contributed by atoms with E-state index in [1.807, 2.05) is 30.5 Å². The van der Waals surface area contributed by atoms with Crippen LogP contribution in [0, 0.1) is 13.8 Å².